The highest BCUT2D eigenvalue weighted by Crippen LogP contribution is 2.58. The molecule has 1 aromatic heterocycles. The summed E-state index contributed by atoms with van der Waals surface area (Å²) in [5, 5.41) is 14.2. The van der Waals surface area contributed by atoms with E-state index in [0.29, 0.717) is 5.56 Å². The first-order valence-electron chi connectivity index (χ1n) is 10.3. The number of fused-ring (bicyclic) bond motifs is 1. The van der Waals surface area contributed by atoms with Crippen molar-refractivity contribution in [3.05, 3.63) is 127 Å². The Morgan fingerprint density at radius 2 is 1.16 bits per heavy atom. The number of benzene rings is 4. The second-order valence-corrected chi connectivity index (χ2v) is 11.0. The van der Waals surface area contributed by atoms with E-state index in [9.17, 15) is 5.26 Å². The molecule has 0 spiro atoms. The van der Waals surface area contributed by atoms with Gasteiger partial charge in [-0.05, 0) is 60.7 Å². The molecule has 0 fully saturated rings. The standard InChI is InChI=1S/C28H21NOP.ClH/c29-20-22-16-17-28-23(18-22)19-24(30-28)21-31(25-10-4-1-5-11-25,26-12-6-2-7-13-26)27-14-8-3-9-15-27;/h1-19H,21H2;1H/q+1;/p-1. The first kappa shape index (κ1) is 21.8. The van der Waals surface area contributed by atoms with Crippen molar-refractivity contribution in [3.8, 4) is 6.07 Å². The highest BCUT2D eigenvalue weighted by Gasteiger charge is 2.46. The maximum atomic E-state index is 9.26. The van der Waals surface area contributed by atoms with Crippen LogP contribution in [-0.2, 0) is 6.16 Å². The molecule has 1 heterocycles. The zero-order chi connectivity index (χ0) is 21.1. The topological polar surface area (TPSA) is 36.9 Å². The molecule has 5 aromatic rings. The Labute approximate surface area is 194 Å². The minimum absolute atomic E-state index is 0. The SMILES string of the molecule is N#Cc1ccc2oc(C[P+](c3ccccc3)(c3ccccc3)c3ccccc3)cc2c1.[Cl-]. The summed E-state index contributed by atoms with van der Waals surface area (Å²) in [6.45, 7) is 0. The van der Waals surface area contributed by atoms with Crippen molar-refractivity contribution < 1.29 is 16.8 Å². The molecule has 0 atom stereocenters. The van der Waals surface area contributed by atoms with Crippen molar-refractivity contribution in [3.63, 3.8) is 0 Å². The summed E-state index contributed by atoms with van der Waals surface area (Å²) in [5.41, 5.74) is 1.47. The number of hydrogen-bond donors (Lipinski definition) is 0. The molecule has 0 aliphatic heterocycles. The predicted molar refractivity (Wildman–Crippen MR) is 130 cm³/mol. The molecule has 4 heteroatoms. The lowest BCUT2D eigenvalue weighted by molar-refractivity contribution is -0.00000680. The van der Waals surface area contributed by atoms with Crippen LogP contribution in [0.4, 0.5) is 0 Å². The van der Waals surface area contributed by atoms with Gasteiger partial charge < -0.3 is 16.8 Å². The smallest absolute Gasteiger partial charge is 0.143 e. The van der Waals surface area contributed by atoms with Gasteiger partial charge in [-0.3, -0.25) is 0 Å². The molecule has 0 N–H and O–H groups in total. The summed E-state index contributed by atoms with van der Waals surface area (Å²) in [7, 11) is -2.01. The van der Waals surface area contributed by atoms with Crippen LogP contribution in [0, 0.1) is 11.3 Å². The van der Waals surface area contributed by atoms with E-state index in [1.165, 1.54) is 15.9 Å². The minimum atomic E-state index is -2.01. The van der Waals surface area contributed by atoms with Gasteiger partial charge in [0.1, 0.15) is 40.7 Å². The van der Waals surface area contributed by atoms with E-state index in [4.69, 9.17) is 4.42 Å². The van der Waals surface area contributed by atoms with Gasteiger partial charge in [0.15, 0.2) is 0 Å². The number of halogens is 1. The van der Waals surface area contributed by atoms with Crippen LogP contribution in [-0.4, -0.2) is 0 Å². The van der Waals surface area contributed by atoms with E-state index in [1.54, 1.807) is 0 Å². The van der Waals surface area contributed by atoms with Crippen LogP contribution in [0.3, 0.4) is 0 Å². The summed E-state index contributed by atoms with van der Waals surface area (Å²) in [5.74, 6) is 0.940. The molecular weight excluding hydrogens is 433 g/mol. The first-order valence-corrected chi connectivity index (χ1v) is 12.2. The molecule has 0 aliphatic rings. The van der Waals surface area contributed by atoms with Crippen molar-refractivity contribution in [2.45, 2.75) is 6.16 Å². The maximum Gasteiger partial charge on any atom is 0.143 e. The summed E-state index contributed by atoms with van der Waals surface area (Å²) in [6, 6.07) is 42.3. The highest BCUT2D eigenvalue weighted by atomic mass is 35.5. The molecule has 32 heavy (non-hydrogen) atoms. The predicted octanol–water partition coefficient (Wildman–Crippen LogP) is 2.80. The zero-order valence-electron chi connectivity index (χ0n) is 17.4. The molecule has 0 aliphatic carbocycles. The first-order chi connectivity index (χ1) is 15.3. The Kier molecular flexibility index (Phi) is 6.42. The number of rotatable bonds is 5. The van der Waals surface area contributed by atoms with Crippen molar-refractivity contribution in [1.29, 1.82) is 5.26 Å². The van der Waals surface area contributed by atoms with Gasteiger partial charge >= 0.3 is 0 Å². The van der Waals surface area contributed by atoms with E-state index in [0.717, 1.165) is 22.9 Å². The summed E-state index contributed by atoms with van der Waals surface area (Å²) in [4.78, 5) is 0. The molecule has 0 radical (unpaired) electrons. The van der Waals surface area contributed by atoms with Crippen molar-refractivity contribution >= 4 is 34.1 Å². The van der Waals surface area contributed by atoms with Gasteiger partial charge in [-0.1, -0.05) is 54.6 Å². The fourth-order valence-electron chi connectivity index (χ4n) is 4.25. The number of hydrogen-bond acceptors (Lipinski definition) is 2. The Morgan fingerprint density at radius 1 is 0.656 bits per heavy atom. The van der Waals surface area contributed by atoms with E-state index >= 15 is 0 Å². The third kappa shape index (κ3) is 3.94. The van der Waals surface area contributed by atoms with E-state index in [1.807, 2.05) is 18.2 Å². The van der Waals surface area contributed by atoms with Gasteiger partial charge in [0, 0.05) is 5.39 Å². The van der Waals surface area contributed by atoms with E-state index in [-0.39, 0.29) is 12.4 Å². The van der Waals surface area contributed by atoms with Crippen molar-refractivity contribution in [2.75, 3.05) is 0 Å². The second-order valence-electron chi connectivity index (χ2n) is 7.55. The van der Waals surface area contributed by atoms with Crippen LogP contribution >= 0.6 is 7.26 Å². The van der Waals surface area contributed by atoms with Crippen LogP contribution in [0.5, 0.6) is 0 Å². The molecule has 4 aromatic carbocycles. The lowest BCUT2D eigenvalue weighted by Gasteiger charge is -2.26. The Balaban J connectivity index is 0.00000245. The third-order valence-electron chi connectivity index (χ3n) is 5.68. The fraction of sp³-hybridized carbons (Fsp3) is 0.0357. The Bertz CT molecular complexity index is 1260. The van der Waals surface area contributed by atoms with Crippen LogP contribution in [0.25, 0.3) is 11.0 Å². The molecule has 0 saturated heterocycles. The molecule has 0 bridgehead atoms. The minimum Gasteiger partial charge on any atom is -1.00 e. The van der Waals surface area contributed by atoms with Crippen LogP contribution in [0.2, 0.25) is 0 Å². The number of furan rings is 1. The molecule has 0 amide bonds. The Morgan fingerprint density at radius 3 is 1.62 bits per heavy atom. The normalized spacial score (nSPS) is 11.0. The van der Waals surface area contributed by atoms with Crippen LogP contribution in [0.15, 0.2) is 120 Å². The van der Waals surface area contributed by atoms with Gasteiger partial charge in [-0.25, -0.2) is 0 Å². The van der Waals surface area contributed by atoms with E-state index in [2.05, 4.69) is 103 Å². The summed E-state index contributed by atoms with van der Waals surface area (Å²) < 4.78 is 6.31. The molecule has 0 saturated carbocycles. The third-order valence-corrected chi connectivity index (χ3v) is 10.0. The fourth-order valence-corrected chi connectivity index (χ4v) is 8.36. The van der Waals surface area contributed by atoms with Gasteiger partial charge in [0.05, 0.1) is 11.6 Å². The zero-order valence-corrected chi connectivity index (χ0v) is 19.0. The molecular formula is C28H21ClNOP. The van der Waals surface area contributed by atoms with Crippen LogP contribution in [0.1, 0.15) is 11.3 Å². The average Bonchev–Trinajstić information content (AvgIpc) is 3.25. The van der Waals surface area contributed by atoms with Crippen molar-refractivity contribution in [2.24, 2.45) is 0 Å². The van der Waals surface area contributed by atoms with Gasteiger partial charge in [0.25, 0.3) is 0 Å². The molecule has 156 valence electrons. The summed E-state index contributed by atoms with van der Waals surface area (Å²) >= 11 is 0. The van der Waals surface area contributed by atoms with E-state index < -0.39 is 7.26 Å². The number of nitrogens with zero attached hydrogens (tertiary/aromatic N) is 1. The van der Waals surface area contributed by atoms with Crippen LogP contribution < -0.4 is 28.3 Å². The number of nitriles is 1. The lowest BCUT2D eigenvalue weighted by Crippen LogP contribution is -3.00. The second kappa shape index (κ2) is 9.41. The quantitative estimate of drug-likeness (QED) is 0.384. The Hall–Kier alpha value is -3.37. The van der Waals surface area contributed by atoms with Gasteiger partial charge in [0.2, 0.25) is 0 Å². The summed E-state index contributed by atoms with van der Waals surface area (Å²) in [6.07, 6.45) is 0.779. The average molecular weight is 454 g/mol. The monoisotopic (exact) mass is 453 g/mol. The van der Waals surface area contributed by atoms with Gasteiger partial charge in [-0.15, -0.1) is 0 Å². The largest absolute Gasteiger partial charge is 1.00 e. The lowest BCUT2D eigenvalue weighted by atomic mass is 10.2. The molecule has 0 unspecified atom stereocenters. The van der Waals surface area contributed by atoms with Crippen molar-refractivity contribution in [1.82, 2.24) is 0 Å². The van der Waals surface area contributed by atoms with Gasteiger partial charge in [-0.2, -0.15) is 5.26 Å². The molecule has 5 rings (SSSR count). The molecule has 2 nitrogen and oxygen atoms in total. The highest BCUT2D eigenvalue weighted by molar-refractivity contribution is 7.95. The maximum absolute atomic E-state index is 9.26.